The van der Waals surface area contributed by atoms with Crippen LogP contribution in [0, 0.1) is 3.57 Å². The van der Waals surface area contributed by atoms with E-state index >= 15 is 0 Å². The van der Waals surface area contributed by atoms with Crippen LogP contribution in [0.2, 0.25) is 0 Å². The Kier molecular flexibility index (Phi) is 8.73. The Balaban J connectivity index is 3.39. The molecule has 152 valence electrons. The van der Waals surface area contributed by atoms with E-state index in [9.17, 15) is 14.7 Å². The molecule has 1 aromatic rings. The van der Waals surface area contributed by atoms with Crippen LogP contribution in [-0.4, -0.2) is 42.5 Å². The average molecular weight is 502 g/mol. The number of halogens is 1. The molecule has 1 aromatic carbocycles. The van der Waals surface area contributed by atoms with E-state index in [0.29, 0.717) is 14.8 Å². The van der Waals surface area contributed by atoms with Gasteiger partial charge in [-0.1, -0.05) is 23.3 Å². The van der Waals surface area contributed by atoms with Gasteiger partial charge in [-0.25, -0.2) is 4.79 Å². The number of methoxy groups -OCH3 is 1. The normalized spacial score (nSPS) is 12.9. The average Bonchev–Trinajstić information content (AvgIpc) is 2.62. The summed E-state index contributed by atoms with van der Waals surface area (Å²) in [5, 5.41) is 14.0. The molecule has 10 heteroatoms. The number of aliphatic hydroxyl groups is 1. The van der Waals surface area contributed by atoms with Gasteiger partial charge in [0.1, 0.15) is 5.60 Å². The second-order valence-corrected chi connectivity index (χ2v) is 7.76. The maximum absolute atomic E-state index is 12.6. The number of rotatable bonds is 7. The zero-order valence-electron chi connectivity index (χ0n) is 16.1. The molecule has 0 fully saturated rings. The number of nitrogens with zero attached hydrogens (tertiary/aromatic N) is 4. The van der Waals surface area contributed by atoms with Gasteiger partial charge in [-0.05, 0) is 60.5 Å². The molecule has 9 nitrogen and oxygen atoms in total. The first-order chi connectivity index (χ1) is 13.1. The van der Waals surface area contributed by atoms with Gasteiger partial charge in [0.15, 0.2) is 6.04 Å². The zero-order chi connectivity index (χ0) is 21.5. The minimum Gasteiger partial charge on any atom is -0.469 e. The molecule has 0 radical (unpaired) electrons. The molecule has 28 heavy (non-hydrogen) atoms. The number of ether oxygens (including phenoxy) is 2. The van der Waals surface area contributed by atoms with Gasteiger partial charge in [-0.3, -0.25) is 9.69 Å². The van der Waals surface area contributed by atoms with Crippen LogP contribution in [0.3, 0.4) is 0 Å². The number of carbonyl (C=O) groups is 2. The Morgan fingerprint density at radius 2 is 2.11 bits per heavy atom. The summed E-state index contributed by atoms with van der Waals surface area (Å²) in [6, 6.07) is 3.39. The molecule has 0 aromatic heterocycles. The van der Waals surface area contributed by atoms with E-state index in [1.165, 1.54) is 4.90 Å². The van der Waals surface area contributed by atoms with E-state index in [0.717, 1.165) is 7.11 Å². The Labute approximate surface area is 177 Å². The summed E-state index contributed by atoms with van der Waals surface area (Å²) < 4.78 is 10.5. The van der Waals surface area contributed by atoms with Gasteiger partial charge in [-0.2, -0.15) is 0 Å². The van der Waals surface area contributed by atoms with Crippen LogP contribution in [0.1, 0.15) is 32.4 Å². The van der Waals surface area contributed by atoms with Crippen LogP contribution in [0.15, 0.2) is 36.0 Å². The van der Waals surface area contributed by atoms with Gasteiger partial charge in [0, 0.05) is 15.0 Å². The van der Waals surface area contributed by atoms with Crippen LogP contribution in [0.25, 0.3) is 10.4 Å². The minimum atomic E-state index is -1.46. The molecule has 1 rings (SSSR count). The molecule has 0 bridgehead atoms. The van der Waals surface area contributed by atoms with E-state index in [1.807, 2.05) is 22.6 Å². The fourth-order valence-corrected chi connectivity index (χ4v) is 3.25. The fourth-order valence-electron chi connectivity index (χ4n) is 2.28. The number of azide groups is 1. The third-order valence-corrected chi connectivity index (χ3v) is 4.64. The molecule has 0 spiro atoms. The lowest BCUT2D eigenvalue weighted by Crippen LogP contribution is -2.37. The highest BCUT2D eigenvalue weighted by Gasteiger charge is 2.31. The van der Waals surface area contributed by atoms with Crippen LogP contribution < -0.4 is 4.90 Å². The van der Waals surface area contributed by atoms with Crippen molar-refractivity contribution >= 4 is 40.3 Å². The molecule has 0 saturated carbocycles. The van der Waals surface area contributed by atoms with Crippen molar-refractivity contribution in [1.29, 1.82) is 0 Å². The maximum atomic E-state index is 12.6. The minimum absolute atomic E-state index is 0.168. The second kappa shape index (κ2) is 10.3. The number of hydrogen-bond acceptors (Lipinski definition) is 6. The van der Waals surface area contributed by atoms with Gasteiger partial charge in [0.25, 0.3) is 0 Å². The molecule has 0 saturated heterocycles. The van der Waals surface area contributed by atoms with Gasteiger partial charge >= 0.3 is 12.1 Å². The van der Waals surface area contributed by atoms with Crippen LogP contribution >= 0.6 is 22.6 Å². The number of carbonyl (C=O) groups excluding carboxylic acids is 2. The van der Waals surface area contributed by atoms with Gasteiger partial charge in [-0.15, -0.1) is 6.58 Å². The summed E-state index contributed by atoms with van der Waals surface area (Å²) in [7, 11) is 1.13. The molecule has 1 N–H and O–H groups in total. The summed E-state index contributed by atoms with van der Waals surface area (Å²) >= 11 is 1.95. The monoisotopic (exact) mass is 502 g/mol. The summed E-state index contributed by atoms with van der Waals surface area (Å²) in [6.07, 6.45) is -0.503. The third-order valence-electron chi connectivity index (χ3n) is 3.46. The van der Waals surface area contributed by atoms with Gasteiger partial charge < -0.3 is 14.6 Å². The first kappa shape index (κ1) is 23.7. The molecule has 2 atom stereocenters. The largest absolute Gasteiger partial charge is 0.469 e. The number of benzene rings is 1. The number of aliphatic hydroxyl groups excluding tert-OH is 1. The van der Waals surface area contributed by atoms with Crippen LogP contribution in [0.5, 0.6) is 0 Å². The van der Waals surface area contributed by atoms with Crippen molar-refractivity contribution in [2.45, 2.75) is 38.5 Å². The second-order valence-electron chi connectivity index (χ2n) is 6.68. The smallest absolute Gasteiger partial charge is 0.415 e. The Hall–Kier alpha value is -2.30. The Morgan fingerprint density at radius 3 is 2.61 bits per heavy atom. The number of amides is 1. The van der Waals surface area contributed by atoms with Crippen molar-refractivity contribution in [3.05, 3.63) is 50.4 Å². The first-order valence-corrected chi connectivity index (χ1v) is 9.35. The number of esters is 1. The molecular weight excluding hydrogens is 479 g/mol. The van der Waals surface area contributed by atoms with E-state index in [-0.39, 0.29) is 6.54 Å². The molecule has 0 aliphatic heterocycles. The predicted octanol–water partition coefficient (Wildman–Crippen LogP) is 4.10. The standard InChI is InChI=1S/C18H23IN4O5/c1-6-10-23(17(26)28-18(2,3)4)12-9-7-8-11(13(12)19)15(24)14(21-22-20)16(25)27-5/h6-9,14-15,24H,1,10H2,2-5H3. The zero-order valence-corrected chi connectivity index (χ0v) is 18.3. The number of anilines is 1. The molecule has 0 aliphatic carbocycles. The molecular formula is C18H23IN4O5. The van der Waals surface area contributed by atoms with Gasteiger partial charge in [0.05, 0.1) is 18.9 Å². The van der Waals surface area contributed by atoms with E-state index in [2.05, 4.69) is 21.3 Å². The van der Waals surface area contributed by atoms with Crippen LogP contribution in [-0.2, 0) is 14.3 Å². The fraction of sp³-hybridized carbons (Fsp3) is 0.444. The van der Waals surface area contributed by atoms with Crippen LogP contribution in [0.4, 0.5) is 10.5 Å². The SMILES string of the molecule is C=CCN(C(=O)OC(C)(C)C)c1cccc(C(O)C(N=[N+]=[N-])C(=O)OC)c1I. The third kappa shape index (κ3) is 6.11. The molecule has 1 amide bonds. The molecule has 0 aliphatic rings. The highest BCUT2D eigenvalue weighted by Crippen LogP contribution is 2.33. The summed E-state index contributed by atoms with van der Waals surface area (Å²) in [6.45, 7) is 9.09. The quantitative estimate of drug-likeness (QED) is 0.150. The maximum Gasteiger partial charge on any atom is 0.415 e. The van der Waals surface area contributed by atoms with E-state index in [4.69, 9.17) is 10.3 Å². The summed E-state index contributed by atoms with van der Waals surface area (Å²) in [5.41, 5.74) is 8.76. The van der Waals surface area contributed by atoms with Crippen molar-refractivity contribution < 1.29 is 24.2 Å². The first-order valence-electron chi connectivity index (χ1n) is 8.27. The Bertz CT molecular complexity index is 787. The highest BCUT2D eigenvalue weighted by molar-refractivity contribution is 14.1. The topological polar surface area (TPSA) is 125 Å². The number of hydrogen-bond donors (Lipinski definition) is 1. The summed E-state index contributed by atoms with van der Waals surface area (Å²) in [4.78, 5) is 28.4. The lowest BCUT2D eigenvalue weighted by Gasteiger charge is -2.28. The Morgan fingerprint density at radius 1 is 1.46 bits per heavy atom. The highest BCUT2D eigenvalue weighted by atomic mass is 127. The lowest BCUT2D eigenvalue weighted by atomic mass is 10.0. The van der Waals surface area contributed by atoms with Gasteiger partial charge in [0.2, 0.25) is 0 Å². The van der Waals surface area contributed by atoms with E-state index in [1.54, 1.807) is 45.0 Å². The molecule has 0 heterocycles. The predicted molar refractivity (Wildman–Crippen MR) is 113 cm³/mol. The van der Waals surface area contributed by atoms with E-state index < -0.39 is 29.8 Å². The molecule has 2 unspecified atom stereocenters. The van der Waals surface area contributed by atoms with Crippen molar-refractivity contribution in [1.82, 2.24) is 0 Å². The van der Waals surface area contributed by atoms with Crippen molar-refractivity contribution in [3.8, 4) is 0 Å². The lowest BCUT2D eigenvalue weighted by molar-refractivity contribution is -0.145. The van der Waals surface area contributed by atoms with Crippen molar-refractivity contribution in [2.24, 2.45) is 5.11 Å². The summed E-state index contributed by atoms with van der Waals surface area (Å²) in [5.74, 6) is -0.874. The van der Waals surface area contributed by atoms with Crippen molar-refractivity contribution in [2.75, 3.05) is 18.6 Å². The van der Waals surface area contributed by atoms with Crippen molar-refractivity contribution in [3.63, 3.8) is 0 Å².